The van der Waals surface area contributed by atoms with Crippen molar-refractivity contribution in [2.45, 2.75) is 20.3 Å². The van der Waals surface area contributed by atoms with E-state index < -0.39 is 24.2 Å². The second-order valence-electron chi connectivity index (χ2n) is 11.0. The monoisotopic (exact) mass is 674 g/mol. The van der Waals surface area contributed by atoms with Crippen molar-refractivity contribution in [1.82, 2.24) is 4.98 Å². The van der Waals surface area contributed by atoms with Crippen molar-refractivity contribution in [3.8, 4) is 11.3 Å². The molecule has 3 aromatic carbocycles. The van der Waals surface area contributed by atoms with Gasteiger partial charge in [-0.2, -0.15) is 0 Å². The van der Waals surface area contributed by atoms with Crippen LogP contribution in [0.2, 0.25) is 5.02 Å². The fraction of sp³-hybridized carbons (Fsp3) is 0.206. The Labute approximate surface area is 265 Å². The topological polar surface area (TPSA) is 93.6 Å². The van der Waals surface area contributed by atoms with E-state index in [2.05, 4.69) is 15.9 Å². The van der Waals surface area contributed by atoms with E-state index in [1.54, 1.807) is 43.3 Å². The van der Waals surface area contributed by atoms with Crippen molar-refractivity contribution in [2.24, 2.45) is 17.8 Å². The number of nitrogens with zero attached hydrogens (tertiary/aromatic N) is 2. The third-order valence-corrected chi connectivity index (χ3v) is 9.58. The number of benzene rings is 3. The van der Waals surface area contributed by atoms with Crippen molar-refractivity contribution in [3.05, 3.63) is 105 Å². The molecule has 3 atom stereocenters. The number of amides is 2. The summed E-state index contributed by atoms with van der Waals surface area (Å²) < 4.78 is 19.2. The highest BCUT2D eigenvalue weighted by Gasteiger charge is 2.50. The lowest BCUT2D eigenvalue weighted by Gasteiger charge is -2.22. The van der Waals surface area contributed by atoms with E-state index in [9.17, 15) is 23.6 Å². The van der Waals surface area contributed by atoms with E-state index >= 15 is 0 Å². The smallest absolute Gasteiger partial charge is 0.339 e. The molecule has 1 fully saturated rings. The molecule has 44 heavy (non-hydrogen) atoms. The summed E-state index contributed by atoms with van der Waals surface area (Å²) in [4.78, 5) is 58.5. The van der Waals surface area contributed by atoms with E-state index in [0.717, 1.165) is 12.1 Å². The molecule has 10 heteroatoms. The van der Waals surface area contributed by atoms with Crippen molar-refractivity contribution < 1.29 is 28.3 Å². The summed E-state index contributed by atoms with van der Waals surface area (Å²) in [6, 6.07) is 15.0. The minimum Gasteiger partial charge on any atom is -0.454 e. The van der Waals surface area contributed by atoms with Crippen LogP contribution in [0.3, 0.4) is 0 Å². The summed E-state index contributed by atoms with van der Waals surface area (Å²) in [5.41, 5.74) is 2.98. The molecule has 2 heterocycles. The Morgan fingerprint density at radius 2 is 1.77 bits per heavy atom. The SMILES string of the molecule is Cc1c(Cl)c(Br)cc2c(C(=O)OCC(=O)c3ccc(F)cc3)cc(-c3ccc(N4C(=O)C5CC=CC(C)C5C4=O)cc3)nc12. The number of halogens is 3. The molecule has 0 N–H and O–H groups in total. The first-order chi connectivity index (χ1) is 21.0. The lowest BCUT2D eigenvalue weighted by Crippen LogP contribution is -2.31. The van der Waals surface area contributed by atoms with Gasteiger partial charge in [-0.15, -0.1) is 0 Å². The third-order valence-electron chi connectivity index (χ3n) is 8.24. The maximum Gasteiger partial charge on any atom is 0.339 e. The summed E-state index contributed by atoms with van der Waals surface area (Å²) in [7, 11) is 0. The van der Waals surface area contributed by atoms with Crippen molar-refractivity contribution in [2.75, 3.05) is 11.5 Å². The number of hydrogen-bond acceptors (Lipinski definition) is 6. The molecule has 6 rings (SSSR count). The quantitative estimate of drug-likeness (QED) is 0.0909. The predicted molar refractivity (Wildman–Crippen MR) is 168 cm³/mol. The number of carbonyl (C=O) groups is 4. The molecular formula is C34H25BrClFN2O5. The van der Waals surface area contributed by atoms with E-state index in [1.165, 1.54) is 17.0 Å². The number of anilines is 1. The van der Waals surface area contributed by atoms with Crippen LogP contribution in [0.25, 0.3) is 22.2 Å². The molecule has 1 saturated heterocycles. The zero-order valence-electron chi connectivity index (χ0n) is 23.6. The van der Waals surface area contributed by atoms with Gasteiger partial charge in [-0.3, -0.25) is 19.3 Å². The molecule has 1 aliphatic heterocycles. The second kappa shape index (κ2) is 11.7. The van der Waals surface area contributed by atoms with Crippen LogP contribution in [0.5, 0.6) is 0 Å². The van der Waals surface area contributed by atoms with Crippen LogP contribution in [0.15, 0.2) is 77.3 Å². The van der Waals surface area contributed by atoms with Gasteiger partial charge in [0.2, 0.25) is 11.8 Å². The molecule has 0 spiro atoms. The van der Waals surface area contributed by atoms with Gasteiger partial charge < -0.3 is 4.74 Å². The number of allylic oxidation sites excluding steroid dienone is 2. The highest BCUT2D eigenvalue weighted by Crippen LogP contribution is 2.41. The number of ketones is 1. The lowest BCUT2D eigenvalue weighted by molar-refractivity contribution is -0.122. The van der Waals surface area contributed by atoms with Crippen molar-refractivity contribution in [1.29, 1.82) is 0 Å². The summed E-state index contributed by atoms with van der Waals surface area (Å²) in [6.07, 6.45) is 4.49. The number of hydrogen-bond donors (Lipinski definition) is 0. The second-order valence-corrected chi connectivity index (χ2v) is 12.2. The van der Waals surface area contributed by atoms with Crippen LogP contribution < -0.4 is 4.90 Å². The Bertz CT molecular complexity index is 1890. The van der Waals surface area contributed by atoms with E-state index in [4.69, 9.17) is 21.3 Å². The molecule has 222 valence electrons. The summed E-state index contributed by atoms with van der Waals surface area (Å²) >= 11 is 9.93. The number of aromatic nitrogens is 1. The molecule has 0 radical (unpaired) electrons. The standard InChI is InChI=1S/C34H25BrClFN2O5/c1-17-4-3-5-23-29(17)33(42)39(32(23)41)22-12-8-19(9-13-22)27-15-25(24-14-26(35)30(36)18(2)31(24)38-27)34(43)44-16-28(40)20-6-10-21(37)11-7-20/h3-4,6-15,17,23,29H,5,16H2,1-2H3. The van der Waals surface area contributed by atoms with Crippen LogP contribution in [-0.4, -0.2) is 35.2 Å². The van der Waals surface area contributed by atoms with E-state index in [-0.39, 0.29) is 40.7 Å². The molecule has 7 nitrogen and oxygen atoms in total. The maximum absolute atomic E-state index is 13.4. The number of fused-ring (bicyclic) bond motifs is 2. The number of aryl methyl sites for hydroxylation is 1. The molecular weight excluding hydrogens is 651 g/mol. The predicted octanol–water partition coefficient (Wildman–Crippen LogP) is 7.51. The highest BCUT2D eigenvalue weighted by atomic mass is 79.9. The average Bonchev–Trinajstić information content (AvgIpc) is 3.28. The fourth-order valence-corrected chi connectivity index (χ4v) is 6.56. The van der Waals surface area contributed by atoms with E-state index in [1.807, 2.05) is 19.1 Å². The van der Waals surface area contributed by atoms with E-state index in [0.29, 0.717) is 49.3 Å². The van der Waals surface area contributed by atoms with Gasteiger partial charge in [0.15, 0.2) is 12.4 Å². The van der Waals surface area contributed by atoms with Crippen molar-refractivity contribution >= 4 is 67.7 Å². The third kappa shape index (κ3) is 5.24. The summed E-state index contributed by atoms with van der Waals surface area (Å²) in [5, 5.41) is 0.900. The number of pyridine rings is 1. The molecule has 2 aliphatic rings. The first kappa shape index (κ1) is 29.8. The number of imide groups is 1. The first-order valence-electron chi connectivity index (χ1n) is 13.9. The fourth-order valence-electron chi connectivity index (χ4n) is 5.89. The molecule has 2 amide bonds. The Morgan fingerprint density at radius 1 is 1.07 bits per heavy atom. The highest BCUT2D eigenvalue weighted by molar-refractivity contribution is 9.10. The molecule has 1 aromatic heterocycles. The Kier molecular flexibility index (Phi) is 7.94. The van der Waals surface area contributed by atoms with Gasteiger partial charge in [-0.05, 0) is 89.3 Å². The van der Waals surface area contributed by atoms with Gasteiger partial charge in [0, 0.05) is 21.0 Å². The number of esters is 1. The van der Waals surface area contributed by atoms with Gasteiger partial charge in [0.25, 0.3) is 0 Å². The van der Waals surface area contributed by atoms with Crippen LogP contribution in [0.1, 0.15) is 39.6 Å². The van der Waals surface area contributed by atoms with Gasteiger partial charge in [-0.1, -0.05) is 42.8 Å². The number of carbonyl (C=O) groups excluding carboxylic acids is 4. The summed E-state index contributed by atoms with van der Waals surface area (Å²) in [6.45, 7) is 3.19. The molecule has 1 aliphatic carbocycles. The molecule has 3 unspecified atom stereocenters. The van der Waals surface area contributed by atoms with Gasteiger partial charge in [-0.25, -0.2) is 14.2 Å². The van der Waals surface area contributed by atoms with Crippen molar-refractivity contribution in [3.63, 3.8) is 0 Å². The first-order valence-corrected chi connectivity index (χ1v) is 15.1. The normalized spacial score (nSPS) is 19.4. The molecule has 4 aromatic rings. The number of ether oxygens (including phenoxy) is 1. The minimum atomic E-state index is -0.752. The number of rotatable bonds is 6. The van der Waals surface area contributed by atoms with Crippen LogP contribution in [-0.2, 0) is 14.3 Å². The van der Waals surface area contributed by atoms with Crippen LogP contribution in [0.4, 0.5) is 10.1 Å². The molecule has 0 bridgehead atoms. The Hall–Kier alpha value is -4.21. The Balaban J connectivity index is 1.33. The van der Waals surface area contributed by atoms with Crippen LogP contribution in [0, 0.1) is 30.5 Å². The molecule has 0 saturated carbocycles. The minimum absolute atomic E-state index is 0.0180. The zero-order valence-corrected chi connectivity index (χ0v) is 26.0. The van der Waals surface area contributed by atoms with Gasteiger partial charge in [0.05, 0.1) is 39.3 Å². The Morgan fingerprint density at radius 3 is 2.45 bits per heavy atom. The van der Waals surface area contributed by atoms with Crippen LogP contribution >= 0.6 is 27.5 Å². The van der Waals surface area contributed by atoms with Gasteiger partial charge >= 0.3 is 5.97 Å². The van der Waals surface area contributed by atoms with Gasteiger partial charge in [0.1, 0.15) is 5.82 Å². The maximum atomic E-state index is 13.4. The zero-order chi connectivity index (χ0) is 31.3. The average molecular weight is 676 g/mol. The summed E-state index contributed by atoms with van der Waals surface area (Å²) in [5.74, 6) is -2.87. The largest absolute Gasteiger partial charge is 0.454 e. The lowest BCUT2D eigenvalue weighted by atomic mass is 9.78. The number of Topliss-reactive ketones (excluding diaryl/α,β-unsaturated/α-hetero) is 1.